The topological polar surface area (TPSA) is 93.8 Å². The van der Waals surface area contributed by atoms with Crippen LogP contribution in [0.3, 0.4) is 0 Å². The van der Waals surface area contributed by atoms with Gasteiger partial charge in [-0.2, -0.15) is 5.10 Å². The first-order valence-corrected chi connectivity index (χ1v) is 5.84. The van der Waals surface area contributed by atoms with Crippen LogP contribution in [0.15, 0.2) is 5.10 Å². The van der Waals surface area contributed by atoms with Crippen LogP contribution >= 0.6 is 0 Å². The normalized spacial score (nSPS) is 24.6. The van der Waals surface area contributed by atoms with Crippen molar-refractivity contribution in [1.29, 1.82) is 0 Å². The molecule has 2 amide bonds. The highest BCUT2D eigenvalue weighted by Gasteiger charge is 2.35. The Hall–Kier alpha value is -1.59. The van der Waals surface area contributed by atoms with E-state index in [4.69, 9.17) is 10.5 Å². The largest absolute Gasteiger partial charge is 0.456 e. The molecule has 1 rings (SSSR count). The number of nitrogens with two attached hydrogens (primary N) is 1. The van der Waals surface area contributed by atoms with Crippen LogP contribution < -0.4 is 11.2 Å². The number of cyclic esters (lactones) is 1. The van der Waals surface area contributed by atoms with Gasteiger partial charge in [-0.05, 0) is 13.3 Å². The van der Waals surface area contributed by atoms with Crippen LogP contribution in [0, 0.1) is 5.92 Å². The standard InChI is InChI=1S/C11H19N3O3/c1-3-4-5-8-6-9(17-10(8)15)7(2)13-14-11(12)16/h8-9H,3-6H2,1-2H3,(H3,12,14,16)/b13-7-/t8-,9+/m1/s1. The average Bonchev–Trinajstić information content (AvgIpc) is 2.65. The lowest BCUT2D eigenvalue weighted by Gasteiger charge is -2.07. The third-order valence-electron chi connectivity index (χ3n) is 2.80. The van der Waals surface area contributed by atoms with Gasteiger partial charge in [-0.1, -0.05) is 19.8 Å². The SMILES string of the molecule is CCCC[C@@H]1C[C@@H](/C(C)=N\NC(N)=O)OC1=O. The van der Waals surface area contributed by atoms with E-state index in [1.807, 2.05) is 0 Å². The number of nitrogens with one attached hydrogen (secondary N) is 1. The number of esters is 1. The smallest absolute Gasteiger partial charge is 0.332 e. The predicted octanol–water partition coefficient (Wildman–Crippen LogP) is 1.15. The fourth-order valence-electron chi connectivity index (χ4n) is 1.80. The van der Waals surface area contributed by atoms with Gasteiger partial charge in [-0.15, -0.1) is 0 Å². The Labute approximate surface area is 101 Å². The Morgan fingerprint density at radius 1 is 1.65 bits per heavy atom. The van der Waals surface area contributed by atoms with E-state index >= 15 is 0 Å². The molecule has 1 heterocycles. The van der Waals surface area contributed by atoms with Gasteiger partial charge in [0.2, 0.25) is 0 Å². The van der Waals surface area contributed by atoms with Gasteiger partial charge < -0.3 is 10.5 Å². The quantitative estimate of drug-likeness (QED) is 0.429. The highest BCUT2D eigenvalue weighted by molar-refractivity contribution is 5.91. The van der Waals surface area contributed by atoms with Gasteiger partial charge in [0.1, 0.15) is 6.10 Å². The number of hydrogen-bond acceptors (Lipinski definition) is 4. The van der Waals surface area contributed by atoms with E-state index in [0.29, 0.717) is 12.1 Å². The molecule has 6 nitrogen and oxygen atoms in total. The van der Waals surface area contributed by atoms with Crippen LogP contribution in [0.25, 0.3) is 0 Å². The number of nitrogens with zero attached hydrogens (tertiary/aromatic N) is 1. The third-order valence-corrected chi connectivity index (χ3v) is 2.80. The number of ether oxygens (including phenoxy) is 1. The van der Waals surface area contributed by atoms with E-state index in [0.717, 1.165) is 19.3 Å². The number of urea groups is 1. The summed E-state index contributed by atoms with van der Waals surface area (Å²) in [6.07, 6.45) is 3.22. The van der Waals surface area contributed by atoms with Crippen LogP contribution in [0.4, 0.5) is 4.79 Å². The number of unbranched alkanes of at least 4 members (excludes halogenated alkanes) is 1. The molecule has 0 radical (unpaired) electrons. The highest BCUT2D eigenvalue weighted by atomic mass is 16.6. The first-order valence-electron chi connectivity index (χ1n) is 5.84. The molecule has 0 aliphatic carbocycles. The maximum absolute atomic E-state index is 11.5. The Morgan fingerprint density at radius 2 is 2.35 bits per heavy atom. The van der Waals surface area contributed by atoms with Crippen molar-refractivity contribution in [3.63, 3.8) is 0 Å². The summed E-state index contributed by atoms with van der Waals surface area (Å²) >= 11 is 0. The fraction of sp³-hybridized carbons (Fsp3) is 0.727. The number of amides is 2. The fourth-order valence-corrected chi connectivity index (χ4v) is 1.80. The Balaban J connectivity index is 2.50. The first kappa shape index (κ1) is 13.5. The highest BCUT2D eigenvalue weighted by Crippen LogP contribution is 2.26. The van der Waals surface area contributed by atoms with Crippen LogP contribution in [-0.2, 0) is 9.53 Å². The number of carbonyl (C=O) groups is 2. The van der Waals surface area contributed by atoms with Crippen molar-refractivity contribution < 1.29 is 14.3 Å². The number of hydrogen-bond donors (Lipinski definition) is 2. The second-order valence-electron chi connectivity index (χ2n) is 4.23. The molecule has 0 aromatic carbocycles. The molecule has 0 aromatic heterocycles. The Kier molecular flexibility index (Phi) is 4.93. The monoisotopic (exact) mass is 241 g/mol. The van der Waals surface area contributed by atoms with Crippen molar-refractivity contribution in [2.45, 2.75) is 45.6 Å². The molecular formula is C11H19N3O3. The lowest BCUT2D eigenvalue weighted by Crippen LogP contribution is -2.28. The maximum Gasteiger partial charge on any atom is 0.332 e. The summed E-state index contributed by atoms with van der Waals surface area (Å²) in [4.78, 5) is 22.0. The maximum atomic E-state index is 11.5. The van der Waals surface area contributed by atoms with Crippen molar-refractivity contribution in [2.24, 2.45) is 16.8 Å². The minimum Gasteiger partial charge on any atom is -0.456 e. The molecule has 1 aliphatic rings. The second kappa shape index (κ2) is 6.22. The Bertz CT molecular complexity index is 328. The Morgan fingerprint density at radius 3 is 2.94 bits per heavy atom. The predicted molar refractivity (Wildman–Crippen MR) is 63.3 cm³/mol. The van der Waals surface area contributed by atoms with Crippen molar-refractivity contribution in [3.05, 3.63) is 0 Å². The zero-order chi connectivity index (χ0) is 12.8. The molecule has 1 fully saturated rings. The van der Waals surface area contributed by atoms with Gasteiger partial charge >= 0.3 is 12.0 Å². The van der Waals surface area contributed by atoms with Gasteiger partial charge in [0, 0.05) is 6.42 Å². The van der Waals surface area contributed by atoms with Crippen molar-refractivity contribution in [3.8, 4) is 0 Å². The summed E-state index contributed by atoms with van der Waals surface area (Å²) in [6, 6.07) is -0.726. The average molecular weight is 241 g/mol. The molecule has 6 heteroatoms. The first-order chi connectivity index (χ1) is 8.04. The number of rotatable bonds is 5. The lowest BCUT2D eigenvalue weighted by molar-refractivity contribution is -0.142. The van der Waals surface area contributed by atoms with Gasteiger partial charge in [-0.25, -0.2) is 10.2 Å². The molecular weight excluding hydrogens is 222 g/mol. The van der Waals surface area contributed by atoms with Gasteiger partial charge in [0.15, 0.2) is 0 Å². The molecule has 0 saturated carbocycles. The van der Waals surface area contributed by atoms with Crippen molar-refractivity contribution in [2.75, 3.05) is 0 Å². The van der Waals surface area contributed by atoms with Gasteiger partial charge in [0.05, 0.1) is 11.6 Å². The molecule has 0 spiro atoms. The summed E-state index contributed by atoms with van der Waals surface area (Å²) in [6.45, 7) is 3.79. The molecule has 0 bridgehead atoms. The molecule has 3 N–H and O–H groups in total. The van der Waals surface area contributed by atoms with Crippen LogP contribution in [0.1, 0.15) is 39.5 Å². The summed E-state index contributed by atoms with van der Waals surface area (Å²) in [5.74, 6) is -0.212. The van der Waals surface area contributed by atoms with Crippen LogP contribution in [-0.4, -0.2) is 23.8 Å². The van der Waals surface area contributed by atoms with E-state index in [1.54, 1.807) is 6.92 Å². The van der Waals surface area contributed by atoms with E-state index < -0.39 is 6.03 Å². The van der Waals surface area contributed by atoms with Crippen molar-refractivity contribution >= 4 is 17.7 Å². The minimum absolute atomic E-state index is 0.0429. The summed E-state index contributed by atoms with van der Waals surface area (Å²) in [7, 11) is 0. The summed E-state index contributed by atoms with van der Waals surface area (Å²) < 4.78 is 5.20. The minimum atomic E-state index is -0.726. The summed E-state index contributed by atoms with van der Waals surface area (Å²) in [5, 5.41) is 3.77. The second-order valence-corrected chi connectivity index (χ2v) is 4.23. The lowest BCUT2D eigenvalue weighted by atomic mass is 9.97. The van der Waals surface area contributed by atoms with E-state index in [9.17, 15) is 9.59 Å². The van der Waals surface area contributed by atoms with Crippen LogP contribution in [0.2, 0.25) is 0 Å². The van der Waals surface area contributed by atoms with E-state index in [1.165, 1.54) is 0 Å². The molecule has 0 unspecified atom stereocenters. The summed E-state index contributed by atoms with van der Waals surface area (Å²) in [5.41, 5.74) is 7.59. The third kappa shape index (κ3) is 4.05. The molecule has 1 aliphatic heterocycles. The van der Waals surface area contributed by atoms with Gasteiger partial charge in [-0.3, -0.25) is 4.79 Å². The van der Waals surface area contributed by atoms with Crippen LogP contribution in [0.5, 0.6) is 0 Å². The zero-order valence-corrected chi connectivity index (χ0v) is 10.2. The van der Waals surface area contributed by atoms with E-state index in [-0.39, 0.29) is 18.0 Å². The molecule has 96 valence electrons. The number of hydrazone groups is 1. The van der Waals surface area contributed by atoms with E-state index in [2.05, 4.69) is 17.5 Å². The van der Waals surface area contributed by atoms with Gasteiger partial charge in [0.25, 0.3) is 0 Å². The molecule has 1 saturated heterocycles. The molecule has 0 aromatic rings. The number of primary amides is 1. The number of carbonyl (C=O) groups excluding carboxylic acids is 2. The molecule has 17 heavy (non-hydrogen) atoms. The zero-order valence-electron chi connectivity index (χ0n) is 10.2. The van der Waals surface area contributed by atoms with Crippen molar-refractivity contribution in [1.82, 2.24) is 5.43 Å². The molecule has 2 atom stereocenters.